The third-order valence-corrected chi connectivity index (χ3v) is 2.92. The van der Waals surface area contributed by atoms with E-state index in [1.54, 1.807) is 13.0 Å². The van der Waals surface area contributed by atoms with E-state index in [1.807, 2.05) is 6.92 Å². The lowest BCUT2D eigenvalue weighted by molar-refractivity contribution is 0.438. The van der Waals surface area contributed by atoms with Crippen molar-refractivity contribution < 1.29 is 9.13 Å². The molecule has 17 heavy (non-hydrogen) atoms. The lowest BCUT2D eigenvalue weighted by Crippen LogP contribution is -1.94. The van der Waals surface area contributed by atoms with Crippen LogP contribution in [0.25, 0.3) is 0 Å². The number of anilines is 1. The van der Waals surface area contributed by atoms with E-state index in [0.29, 0.717) is 16.7 Å². The van der Waals surface area contributed by atoms with E-state index >= 15 is 0 Å². The molecular formula is C11H12FN3OS. The van der Waals surface area contributed by atoms with Crippen molar-refractivity contribution in [3.05, 3.63) is 29.3 Å². The fraction of sp³-hybridized carbons (Fsp3) is 0.273. The second-order valence-electron chi connectivity index (χ2n) is 3.57. The molecule has 0 aliphatic heterocycles. The molecule has 0 radical (unpaired) electrons. The van der Waals surface area contributed by atoms with E-state index in [0.717, 1.165) is 23.5 Å². The summed E-state index contributed by atoms with van der Waals surface area (Å²) >= 11 is 1.11. The van der Waals surface area contributed by atoms with Crippen LogP contribution in [0, 0.1) is 12.7 Å². The highest BCUT2D eigenvalue weighted by atomic mass is 32.1. The maximum atomic E-state index is 13.6. The Morgan fingerprint density at radius 1 is 1.47 bits per heavy atom. The number of benzene rings is 1. The quantitative estimate of drug-likeness (QED) is 0.854. The van der Waals surface area contributed by atoms with Crippen LogP contribution in [0.1, 0.15) is 18.3 Å². The van der Waals surface area contributed by atoms with Crippen LogP contribution in [0.3, 0.4) is 0 Å². The molecular weight excluding hydrogens is 241 g/mol. The molecule has 0 unspecified atom stereocenters. The van der Waals surface area contributed by atoms with Gasteiger partial charge in [-0.25, -0.2) is 4.39 Å². The molecule has 1 heterocycles. The second-order valence-corrected chi connectivity index (χ2v) is 4.29. The molecule has 0 amide bonds. The van der Waals surface area contributed by atoms with Crippen LogP contribution >= 0.6 is 11.5 Å². The standard InChI is InChI=1S/C11H12FN3OS/c1-3-10-14-11(17-15-10)16-9-4-6(2)8(13)5-7(9)12/h4-5H,3,13H2,1-2H3. The summed E-state index contributed by atoms with van der Waals surface area (Å²) in [6, 6.07) is 2.80. The minimum atomic E-state index is -0.499. The summed E-state index contributed by atoms with van der Waals surface area (Å²) in [4.78, 5) is 4.10. The van der Waals surface area contributed by atoms with Crippen LogP contribution in [0.2, 0.25) is 0 Å². The van der Waals surface area contributed by atoms with Gasteiger partial charge in [-0.05, 0) is 18.6 Å². The van der Waals surface area contributed by atoms with E-state index < -0.39 is 5.82 Å². The predicted molar refractivity (Wildman–Crippen MR) is 64.9 cm³/mol. The third-order valence-electron chi connectivity index (χ3n) is 2.28. The third kappa shape index (κ3) is 2.52. The highest BCUT2D eigenvalue weighted by Gasteiger charge is 2.10. The zero-order valence-corrected chi connectivity index (χ0v) is 10.3. The monoisotopic (exact) mass is 253 g/mol. The van der Waals surface area contributed by atoms with Crippen molar-refractivity contribution in [1.82, 2.24) is 9.36 Å². The lowest BCUT2D eigenvalue weighted by Gasteiger charge is -2.06. The van der Waals surface area contributed by atoms with Gasteiger partial charge in [-0.1, -0.05) is 6.92 Å². The molecule has 0 aliphatic carbocycles. The molecule has 1 aromatic carbocycles. The zero-order chi connectivity index (χ0) is 12.4. The van der Waals surface area contributed by atoms with Crippen molar-refractivity contribution in [3.8, 4) is 10.9 Å². The SMILES string of the molecule is CCc1nsc(Oc2cc(C)c(N)cc2F)n1. The maximum absolute atomic E-state index is 13.6. The molecule has 2 N–H and O–H groups in total. The molecule has 0 bridgehead atoms. The van der Waals surface area contributed by atoms with Crippen molar-refractivity contribution >= 4 is 17.2 Å². The number of aryl methyl sites for hydroxylation is 2. The first-order valence-electron chi connectivity index (χ1n) is 5.16. The minimum absolute atomic E-state index is 0.121. The average Bonchev–Trinajstić information content (AvgIpc) is 2.73. The van der Waals surface area contributed by atoms with E-state index in [9.17, 15) is 4.39 Å². The summed E-state index contributed by atoms with van der Waals surface area (Å²) < 4.78 is 23.0. The number of nitrogen functional groups attached to an aromatic ring is 1. The maximum Gasteiger partial charge on any atom is 0.298 e. The minimum Gasteiger partial charge on any atom is -0.427 e. The van der Waals surface area contributed by atoms with Gasteiger partial charge >= 0.3 is 0 Å². The molecule has 0 atom stereocenters. The van der Waals surface area contributed by atoms with E-state index in [1.165, 1.54) is 6.07 Å². The van der Waals surface area contributed by atoms with Gasteiger partial charge in [-0.2, -0.15) is 9.36 Å². The van der Waals surface area contributed by atoms with E-state index in [2.05, 4.69) is 9.36 Å². The Morgan fingerprint density at radius 2 is 2.24 bits per heavy atom. The van der Waals surface area contributed by atoms with Crippen molar-refractivity contribution in [2.75, 3.05) is 5.73 Å². The number of rotatable bonds is 3. The Kier molecular flexibility index (Phi) is 3.23. The number of aromatic nitrogens is 2. The number of nitrogens with zero attached hydrogens (tertiary/aromatic N) is 2. The molecule has 6 heteroatoms. The van der Waals surface area contributed by atoms with Crippen LogP contribution in [0.15, 0.2) is 12.1 Å². The molecule has 0 saturated carbocycles. The topological polar surface area (TPSA) is 61.0 Å². The lowest BCUT2D eigenvalue weighted by atomic mass is 10.2. The summed E-state index contributed by atoms with van der Waals surface area (Å²) in [6.07, 6.45) is 0.725. The van der Waals surface area contributed by atoms with Crippen molar-refractivity contribution in [2.45, 2.75) is 20.3 Å². The Labute approximate surface area is 102 Å². The van der Waals surface area contributed by atoms with Crippen LogP contribution in [-0.2, 0) is 6.42 Å². The number of hydrogen-bond acceptors (Lipinski definition) is 5. The van der Waals surface area contributed by atoms with Gasteiger partial charge in [0.2, 0.25) is 0 Å². The van der Waals surface area contributed by atoms with Gasteiger partial charge in [-0.3, -0.25) is 0 Å². The van der Waals surface area contributed by atoms with Gasteiger partial charge in [0.25, 0.3) is 5.19 Å². The highest BCUT2D eigenvalue weighted by Crippen LogP contribution is 2.29. The number of halogens is 1. The number of hydrogen-bond donors (Lipinski definition) is 1. The molecule has 0 spiro atoms. The summed E-state index contributed by atoms with van der Waals surface area (Å²) in [5, 5.41) is 0.338. The molecule has 0 aliphatic rings. The first-order chi connectivity index (χ1) is 8.10. The molecule has 0 fully saturated rings. The first-order valence-corrected chi connectivity index (χ1v) is 5.93. The van der Waals surface area contributed by atoms with Gasteiger partial charge in [0.05, 0.1) is 0 Å². The Morgan fingerprint density at radius 3 is 2.88 bits per heavy atom. The van der Waals surface area contributed by atoms with Crippen LogP contribution in [0.5, 0.6) is 10.9 Å². The van der Waals surface area contributed by atoms with Crippen LogP contribution in [-0.4, -0.2) is 9.36 Å². The Bertz CT molecular complexity index is 542. The summed E-state index contributed by atoms with van der Waals surface area (Å²) in [6.45, 7) is 3.74. The van der Waals surface area contributed by atoms with E-state index in [-0.39, 0.29) is 5.75 Å². The zero-order valence-electron chi connectivity index (χ0n) is 9.53. The van der Waals surface area contributed by atoms with Crippen LogP contribution < -0.4 is 10.5 Å². The number of ether oxygens (including phenoxy) is 1. The molecule has 1 aromatic heterocycles. The van der Waals surface area contributed by atoms with E-state index in [4.69, 9.17) is 10.5 Å². The summed E-state index contributed by atoms with van der Waals surface area (Å²) in [7, 11) is 0. The highest BCUT2D eigenvalue weighted by molar-refractivity contribution is 7.07. The summed E-state index contributed by atoms with van der Waals surface area (Å²) in [5.74, 6) is 0.314. The fourth-order valence-corrected chi connectivity index (χ4v) is 1.89. The molecule has 0 saturated heterocycles. The van der Waals surface area contributed by atoms with Crippen molar-refractivity contribution in [2.24, 2.45) is 0 Å². The predicted octanol–water partition coefficient (Wildman–Crippen LogP) is 2.92. The smallest absolute Gasteiger partial charge is 0.298 e. The van der Waals surface area contributed by atoms with Gasteiger partial charge in [0.1, 0.15) is 5.82 Å². The molecule has 2 aromatic rings. The van der Waals surface area contributed by atoms with Crippen molar-refractivity contribution in [1.29, 1.82) is 0 Å². The Hall–Kier alpha value is -1.69. The first kappa shape index (κ1) is 11.8. The normalized spacial score (nSPS) is 10.5. The molecule has 4 nitrogen and oxygen atoms in total. The Balaban J connectivity index is 2.26. The molecule has 90 valence electrons. The fourth-order valence-electron chi connectivity index (χ4n) is 1.27. The van der Waals surface area contributed by atoms with Gasteiger partial charge in [0.15, 0.2) is 11.6 Å². The van der Waals surface area contributed by atoms with Gasteiger partial charge in [-0.15, -0.1) is 0 Å². The largest absolute Gasteiger partial charge is 0.427 e. The number of nitrogens with two attached hydrogens (primary N) is 1. The van der Waals surface area contributed by atoms with Crippen LogP contribution in [0.4, 0.5) is 10.1 Å². The van der Waals surface area contributed by atoms with Crippen molar-refractivity contribution in [3.63, 3.8) is 0 Å². The second kappa shape index (κ2) is 4.67. The average molecular weight is 253 g/mol. The summed E-state index contributed by atoms with van der Waals surface area (Å²) in [5.41, 5.74) is 6.76. The molecule has 2 rings (SSSR count). The van der Waals surface area contributed by atoms with Gasteiger partial charge in [0, 0.05) is 29.7 Å². The van der Waals surface area contributed by atoms with Gasteiger partial charge < -0.3 is 10.5 Å².